The van der Waals surface area contributed by atoms with Crippen LogP contribution < -0.4 is 10.3 Å². The van der Waals surface area contributed by atoms with Crippen molar-refractivity contribution in [1.29, 1.82) is 0 Å². The number of rotatable bonds is 6. The normalized spacial score (nSPS) is 11.7. The first kappa shape index (κ1) is 21.4. The molecule has 160 valence electrons. The Bertz CT molecular complexity index is 1450. The van der Waals surface area contributed by atoms with E-state index in [0.717, 1.165) is 22.8 Å². The molecule has 0 spiro atoms. The predicted octanol–water partition coefficient (Wildman–Crippen LogP) is 4.48. The molecule has 0 aliphatic carbocycles. The molecule has 1 N–H and O–H groups in total. The van der Waals surface area contributed by atoms with Gasteiger partial charge in [0.25, 0.3) is 15.6 Å². The van der Waals surface area contributed by atoms with Crippen LogP contribution in [-0.4, -0.2) is 18.0 Å². The van der Waals surface area contributed by atoms with Crippen molar-refractivity contribution in [3.8, 4) is 0 Å². The largest absolute Gasteiger partial charge is 0.375 e. The number of hydrogen-bond donors (Lipinski definition) is 1. The highest BCUT2D eigenvalue weighted by Gasteiger charge is 2.18. The molecule has 0 bridgehead atoms. The van der Waals surface area contributed by atoms with Gasteiger partial charge in [-0.25, -0.2) is 17.8 Å². The summed E-state index contributed by atoms with van der Waals surface area (Å²) in [7, 11) is -3.99. The first-order valence-electron chi connectivity index (χ1n) is 8.92. The van der Waals surface area contributed by atoms with Crippen LogP contribution in [0, 0.1) is 12.7 Å². The molecule has 31 heavy (non-hydrogen) atoms. The van der Waals surface area contributed by atoms with Crippen LogP contribution in [-0.2, 0) is 15.8 Å². The van der Waals surface area contributed by atoms with Gasteiger partial charge in [-0.1, -0.05) is 23.7 Å². The molecule has 0 saturated carbocycles. The molecular formula is C20H15ClFN3O4S2. The second-order valence-electron chi connectivity index (χ2n) is 6.55. The molecule has 0 saturated heterocycles. The zero-order valence-corrected chi connectivity index (χ0v) is 18.4. The van der Waals surface area contributed by atoms with Gasteiger partial charge in [-0.15, -0.1) is 16.3 Å². The number of benzene rings is 2. The smallest absolute Gasteiger partial charge is 0.287 e. The Morgan fingerprint density at radius 1 is 1.19 bits per heavy atom. The van der Waals surface area contributed by atoms with Gasteiger partial charge in [0, 0.05) is 22.8 Å². The molecule has 0 aliphatic heterocycles. The van der Waals surface area contributed by atoms with Crippen molar-refractivity contribution < 1.29 is 17.3 Å². The number of fused-ring (bicyclic) bond motifs is 1. The van der Waals surface area contributed by atoms with Crippen molar-refractivity contribution in [3.63, 3.8) is 0 Å². The van der Waals surface area contributed by atoms with Crippen molar-refractivity contribution in [2.24, 2.45) is 0 Å². The molecule has 2 aromatic heterocycles. The average molecular weight is 480 g/mol. The number of thioether (sulfide) groups is 1. The van der Waals surface area contributed by atoms with Gasteiger partial charge in [0.1, 0.15) is 11.6 Å². The third-order valence-corrected chi connectivity index (χ3v) is 6.99. The van der Waals surface area contributed by atoms with Crippen LogP contribution in [0.5, 0.6) is 0 Å². The Balaban J connectivity index is 1.57. The lowest BCUT2D eigenvalue weighted by molar-refractivity contribution is 0.344. The van der Waals surface area contributed by atoms with E-state index < -0.39 is 15.8 Å². The molecule has 7 nitrogen and oxygen atoms in total. The van der Waals surface area contributed by atoms with E-state index in [-0.39, 0.29) is 15.5 Å². The van der Waals surface area contributed by atoms with E-state index in [1.807, 2.05) is 0 Å². The zero-order valence-electron chi connectivity index (χ0n) is 16.0. The molecule has 0 atom stereocenters. The number of aromatic nitrogens is 2. The van der Waals surface area contributed by atoms with E-state index in [1.165, 1.54) is 17.8 Å². The van der Waals surface area contributed by atoms with Gasteiger partial charge in [-0.2, -0.15) is 0 Å². The van der Waals surface area contributed by atoms with Crippen LogP contribution in [0.15, 0.2) is 73.7 Å². The van der Waals surface area contributed by atoms with Gasteiger partial charge in [-0.05, 0) is 37.3 Å². The summed E-state index contributed by atoms with van der Waals surface area (Å²) in [6.07, 6.45) is 0. The van der Waals surface area contributed by atoms with E-state index in [4.69, 9.17) is 16.1 Å². The Labute approximate surface area is 185 Å². The second kappa shape index (κ2) is 8.37. The van der Waals surface area contributed by atoms with E-state index in [9.17, 15) is 17.6 Å². The summed E-state index contributed by atoms with van der Waals surface area (Å²) in [6, 6.07) is 13.0. The van der Waals surface area contributed by atoms with Crippen molar-refractivity contribution in [2.45, 2.75) is 22.5 Å². The number of para-hydroxylation sites is 1. The molecule has 2 aromatic carbocycles. The van der Waals surface area contributed by atoms with Gasteiger partial charge < -0.3 is 4.52 Å². The Hall–Kier alpha value is -2.82. The van der Waals surface area contributed by atoms with Crippen LogP contribution in [0.4, 0.5) is 10.1 Å². The molecule has 4 aromatic rings. The predicted molar refractivity (Wildman–Crippen MR) is 117 cm³/mol. The molecule has 0 aliphatic rings. The van der Waals surface area contributed by atoms with E-state index in [0.29, 0.717) is 33.4 Å². The SMILES string of the molecule is Cc1cc2nc(CSc3ccccc3NS(=O)(=O)c3ccc(F)c(Cl)c3)cc(=O)n2o1. The number of halogens is 2. The van der Waals surface area contributed by atoms with Gasteiger partial charge in [0.05, 0.1) is 21.3 Å². The van der Waals surface area contributed by atoms with Crippen LogP contribution >= 0.6 is 23.4 Å². The fraction of sp³-hybridized carbons (Fsp3) is 0.100. The lowest BCUT2D eigenvalue weighted by Crippen LogP contribution is -2.14. The molecule has 4 rings (SSSR count). The van der Waals surface area contributed by atoms with Gasteiger partial charge >= 0.3 is 0 Å². The highest BCUT2D eigenvalue weighted by molar-refractivity contribution is 7.98. The number of aryl methyl sites for hydroxylation is 1. The van der Waals surface area contributed by atoms with Gasteiger partial charge in [0.15, 0.2) is 5.65 Å². The third-order valence-electron chi connectivity index (χ3n) is 4.23. The lowest BCUT2D eigenvalue weighted by Gasteiger charge is -2.12. The van der Waals surface area contributed by atoms with Crippen molar-refractivity contribution in [1.82, 2.24) is 9.56 Å². The monoisotopic (exact) mass is 479 g/mol. The Kier molecular flexibility index (Phi) is 5.78. The molecule has 0 fully saturated rings. The number of nitrogens with zero attached hydrogens (tertiary/aromatic N) is 2. The minimum Gasteiger partial charge on any atom is -0.375 e. The molecule has 0 unspecified atom stereocenters. The first-order chi connectivity index (χ1) is 14.7. The maximum absolute atomic E-state index is 13.4. The number of sulfonamides is 1. The van der Waals surface area contributed by atoms with E-state index in [2.05, 4.69) is 9.71 Å². The fourth-order valence-corrected chi connectivity index (χ4v) is 5.14. The first-order valence-corrected chi connectivity index (χ1v) is 11.8. The third kappa shape index (κ3) is 4.60. The van der Waals surface area contributed by atoms with E-state index in [1.54, 1.807) is 37.3 Å². The van der Waals surface area contributed by atoms with E-state index >= 15 is 0 Å². The Morgan fingerprint density at radius 2 is 1.97 bits per heavy atom. The van der Waals surface area contributed by atoms with Crippen LogP contribution in [0.3, 0.4) is 0 Å². The molecule has 11 heteroatoms. The maximum atomic E-state index is 13.4. The topological polar surface area (TPSA) is 93.7 Å². The molecule has 0 radical (unpaired) electrons. The van der Waals surface area contributed by atoms with Crippen molar-refractivity contribution in [2.75, 3.05) is 4.72 Å². The summed E-state index contributed by atoms with van der Waals surface area (Å²) in [5.41, 5.74) is 0.933. The van der Waals surface area contributed by atoms with Crippen LogP contribution in [0.2, 0.25) is 5.02 Å². The van der Waals surface area contributed by atoms with Crippen molar-refractivity contribution in [3.05, 3.63) is 87.2 Å². The number of hydrogen-bond acceptors (Lipinski definition) is 6. The number of nitrogens with one attached hydrogen (secondary N) is 1. The Morgan fingerprint density at radius 3 is 2.74 bits per heavy atom. The van der Waals surface area contributed by atoms with Gasteiger partial charge in [-0.3, -0.25) is 9.52 Å². The number of anilines is 1. The summed E-state index contributed by atoms with van der Waals surface area (Å²) in [4.78, 5) is 17.1. The summed E-state index contributed by atoms with van der Waals surface area (Å²) in [5.74, 6) is 0.191. The second-order valence-corrected chi connectivity index (χ2v) is 9.66. The minimum atomic E-state index is -3.99. The average Bonchev–Trinajstić information content (AvgIpc) is 3.10. The van der Waals surface area contributed by atoms with Crippen molar-refractivity contribution >= 4 is 44.7 Å². The maximum Gasteiger partial charge on any atom is 0.287 e. The minimum absolute atomic E-state index is 0.158. The summed E-state index contributed by atoms with van der Waals surface area (Å²) in [6.45, 7) is 1.72. The molecular weight excluding hydrogens is 465 g/mol. The van der Waals surface area contributed by atoms with Gasteiger partial charge in [0.2, 0.25) is 0 Å². The zero-order chi connectivity index (χ0) is 22.2. The summed E-state index contributed by atoms with van der Waals surface area (Å²) >= 11 is 7.03. The summed E-state index contributed by atoms with van der Waals surface area (Å²) < 4.78 is 47.7. The quantitative estimate of drug-likeness (QED) is 0.410. The lowest BCUT2D eigenvalue weighted by atomic mass is 10.3. The standard InChI is InChI=1S/C20H15ClFN3O4S2/c1-12-8-19-23-13(9-20(26)25(19)29-12)11-30-18-5-3-2-4-17(18)24-31(27,28)14-6-7-16(22)15(21)10-14/h2-10,24H,11H2,1H3. The summed E-state index contributed by atoms with van der Waals surface area (Å²) in [5, 5.41) is -0.284. The van der Waals surface area contributed by atoms with Crippen LogP contribution in [0.25, 0.3) is 5.65 Å². The molecule has 0 amide bonds. The fourth-order valence-electron chi connectivity index (χ4n) is 2.82. The highest BCUT2D eigenvalue weighted by Crippen LogP contribution is 2.31. The molecule has 2 heterocycles. The highest BCUT2D eigenvalue weighted by atomic mass is 35.5. The van der Waals surface area contributed by atoms with Crippen LogP contribution in [0.1, 0.15) is 11.5 Å².